The number of aliphatic hydroxyl groups excluding tert-OH is 1. The van der Waals surface area contributed by atoms with Gasteiger partial charge in [-0.25, -0.2) is 13.5 Å². The third kappa shape index (κ3) is 6.76. The van der Waals surface area contributed by atoms with Crippen molar-refractivity contribution in [2.24, 2.45) is 0 Å². The first-order valence-corrected chi connectivity index (χ1v) is 14.8. The molecule has 6 rings (SSSR count). The molecule has 0 radical (unpaired) electrons. The van der Waals surface area contributed by atoms with Gasteiger partial charge in [-0.1, -0.05) is 18.2 Å². The molecule has 1 fully saturated rings. The molecule has 17 heteroatoms. The van der Waals surface area contributed by atoms with E-state index in [1.54, 1.807) is 12.1 Å². The van der Waals surface area contributed by atoms with Gasteiger partial charge in [-0.2, -0.15) is 22.0 Å². The second-order valence-electron chi connectivity index (χ2n) is 11.4. The molecule has 1 aliphatic rings. The van der Waals surface area contributed by atoms with E-state index < -0.39 is 58.9 Å². The second-order valence-corrected chi connectivity index (χ2v) is 11.4. The van der Waals surface area contributed by atoms with Crippen molar-refractivity contribution in [1.29, 1.82) is 0 Å². The van der Waals surface area contributed by atoms with E-state index in [0.717, 1.165) is 41.0 Å². The van der Waals surface area contributed by atoms with E-state index in [2.05, 4.69) is 30.4 Å². The van der Waals surface area contributed by atoms with Crippen LogP contribution in [0.15, 0.2) is 85.5 Å². The number of halogens is 7. The lowest BCUT2D eigenvalue weighted by atomic mass is 9.84. The Balaban J connectivity index is 1.14. The highest BCUT2D eigenvalue weighted by Crippen LogP contribution is 2.47. The van der Waals surface area contributed by atoms with Crippen LogP contribution in [-0.2, 0) is 18.1 Å². The minimum absolute atomic E-state index is 0.392. The number of piperazine rings is 1. The molecule has 1 saturated heterocycles. The summed E-state index contributed by atoms with van der Waals surface area (Å²) in [6.45, 7) is 1.35. The largest absolute Gasteiger partial charge is 0.420 e. The average molecular weight is 689 g/mol. The highest BCUT2D eigenvalue weighted by Gasteiger charge is 2.58. The first-order chi connectivity index (χ1) is 23.3. The van der Waals surface area contributed by atoms with E-state index in [1.807, 2.05) is 17.0 Å². The van der Waals surface area contributed by atoms with Crippen LogP contribution in [0.1, 0.15) is 23.1 Å². The van der Waals surface area contributed by atoms with E-state index in [4.69, 9.17) is 0 Å². The summed E-state index contributed by atoms with van der Waals surface area (Å²) in [5, 5.41) is 31.0. The first-order valence-electron chi connectivity index (χ1n) is 14.8. The van der Waals surface area contributed by atoms with Crippen LogP contribution in [0, 0.1) is 11.6 Å². The number of rotatable bonds is 9. The van der Waals surface area contributed by atoms with E-state index in [1.165, 1.54) is 24.5 Å². The number of benzene rings is 2. The fraction of sp³-hybridized carbons (Fsp3) is 0.281. The van der Waals surface area contributed by atoms with Crippen molar-refractivity contribution in [2.45, 2.75) is 30.3 Å². The number of hydrogen-bond acceptors (Lipinski definition) is 9. The lowest BCUT2D eigenvalue weighted by Crippen LogP contribution is -2.48. The summed E-state index contributed by atoms with van der Waals surface area (Å²) in [4.78, 5) is 11.8. The van der Waals surface area contributed by atoms with Crippen LogP contribution in [0.25, 0.3) is 11.1 Å². The molecule has 2 aromatic carbocycles. The van der Waals surface area contributed by atoms with Gasteiger partial charge in [0.05, 0.1) is 24.1 Å². The highest BCUT2D eigenvalue weighted by atomic mass is 19.4. The highest BCUT2D eigenvalue weighted by molar-refractivity contribution is 5.66. The van der Waals surface area contributed by atoms with Gasteiger partial charge >= 0.3 is 12.1 Å². The van der Waals surface area contributed by atoms with Crippen molar-refractivity contribution in [3.63, 3.8) is 0 Å². The molecule has 1 unspecified atom stereocenters. The van der Waals surface area contributed by atoms with E-state index >= 15 is 8.78 Å². The van der Waals surface area contributed by atoms with Gasteiger partial charge in [0, 0.05) is 55.3 Å². The van der Waals surface area contributed by atoms with Gasteiger partial charge in [0.25, 0.3) is 0 Å². The van der Waals surface area contributed by atoms with E-state index in [0.29, 0.717) is 49.1 Å². The second kappa shape index (κ2) is 13.0. The number of pyridine rings is 2. The fourth-order valence-corrected chi connectivity index (χ4v) is 5.63. The van der Waals surface area contributed by atoms with Gasteiger partial charge in [-0.3, -0.25) is 9.97 Å². The van der Waals surface area contributed by atoms with Crippen molar-refractivity contribution in [2.75, 3.05) is 36.0 Å². The predicted octanol–water partition coefficient (Wildman–Crippen LogP) is 5.01. The van der Waals surface area contributed by atoms with Crippen LogP contribution in [0.4, 0.5) is 42.1 Å². The number of alkyl halides is 5. The zero-order chi connectivity index (χ0) is 35.0. The van der Waals surface area contributed by atoms with E-state index in [-0.39, 0.29) is 0 Å². The molecule has 5 aromatic rings. The van der Waals surface area contributed by atoms with Gasteiger partial charge in [-0.15, -0.1) is 5.10 Å². The molecule has 0 amide bonds. The Morgan fingerprint density at radius 2 is 1.41 bits per heavy atom. The van der Waals surface area contributed by atoms with E-state index in [9.17, 15) is 32.2 Å². The summed E-state index contributed by atoms with van der Waals surface area (Å²) < 4.78 is 99.6. The Morgan fingerprint density at radius 1 is 0.755 bits per heavy atom. The predicted molar refractivity (Wildman–Crippen MR) is 161 cm³/mol. The summed E-state index contributed by atoms with van der Waals surface area (Å²) >= 11 is 0. The number of tetrazole rings is 1. The number of nitrogens with zero attached hydrogens (tertiary/aromatic N) is 8. The lowest BCUT2D eigenvalue weighted by Gasteiger charge is -2.37. The quantitative estimate of drug-likeness (QED) is 0.206. The first kappa shape index (κ1) is 33.7. The molecule has 0 spiro atoms. The molecule has 49 heavy (non-hydrogen) atoms. The summed E-state index contributed by atoms with van der Waals surface area (Å²) in [5.74, 6) is -6.59. The van der Waals surface area contributed by atoms with Crippen molar-refractivity contribution >= 4 is 11.4 Å². The van der Waals surface area contributed by atoms with Gasteiger partial charge < -0.3 is 20.0 Å². The van der Waals surface area contributed by atoms with Gasteiger partial charge in [0.1, 0.15) is 23.7 Å². The summed E-state index contributed by atoms with van der Waals surface area (Å²) in [6, 6.07) is 14.2. The maximum absolute atomic E-state index is 16.1. The molecule has 4 heterocycles. The Kier molecular flexibility index (Phi) is 8.98. The number of anilines is 2. The average Bonchev–Trinajstić information content (AvgIpc) is 3.60. The van der Waals surface area contributed by atoms with Crippen LogP contribution in [0.5, 0.6) is 0 Å². The summed E-state index contributed by atoms with van der Waals surface area (Å²) in [7, 11) is 0. The summed E-state index contributed by atoms with van der Waals surface area (Å²) in [5.41, 5.74) is -2.81. The molecule has 2 atom stereocenters. The zero-order valence-electron chi connectivity index (χ0n) is 25.3. The number of aliphatic hydroxyl groups is 2. The maximum Gasteiger partial charge on any atom is 0.420 e. The van der Waals surface area contributed by atoms with Crippen LogP contribution in [-0.4, -0.2) is 72.7 Å². The van der Waals surface area contributed by atoms with Crippen LogP contribution < -0.4 is 9.80 Å². The van der Waals surface area contributed by atoms with Crippen LogP contribution >= 0.6 is 0 Å². The number of hydrogen-bond donors (Lipinski definition) is 2. The molecular weight excluding hydrogens is 661 g/mol. The molecule has 3 aromatic heterocycles. The zero-order valence-corrected chi connectivity index (χ0v) is 25.3. The van der Waals surface area contributed by atoms with Gasteiger partial charge in [-0.05, 0) is 58.5 Å². The van der Waals surface area contributed by atoms with Gasteiger partial charge in [0.15, 0.2) is 11.7 Å². The van der Waals surface area contributed by atoms with Crippen LogP contribution in [0.2, 0.25) is 0 Å². The van der Waals surface area contributed by atoms with Crippen molar-refractivity contribution < 1.29 is 40.9 Å². The molecule has 2 N–H and O–H groups in total. The van der Waals surface area contributed by atoms with Crippen molar-refractivity contribution in [3.8, 4) is 11.1 Å². The Morgan fingerprint density at radius 3 is 1.96 bits per heavy atom. The van der Waals surface area contributed by atoms with Crippen LogP contribution in [0.3, 0.4) is 0 Å². The SMILES string of the molecule is OC(c1ccc(N2CCN(c3ccc(-c4ccc(C(F)(F)[C@](O)(Cn5cnnn5)c5ccc(F)cc5F)nc4)cc3)CC2)cn1)C(F)(F)F. The topological polar surface area (TPSA) is 116 Å². The fourth-order valence-electron chi connectivity index (χ4n) is 5.63. The molecule has 10 nitrogen and oxygen atoms in total. The number of aromatic nitrogens is 6. The molecule has 0 saturated carbocycles. The third-order valence-electron chi connectivity index (χ3n) is 8.34. The molecule has 1 aliphatic heterocycles. The third-order valence-corrected chi connectivity index (χ3v) is 8.34. The minimum atomic E-state index is -4.80. The molecule has 0 aliphatic carbocycles. The van der Waals surface area contributed by atoms with Crippen molar-refractivity contribution in [3.05, 3.63) is 114 Å². The lowest BCUT2D eigenvalue weighted by molar-refractivity contribution is -0.208. The Hall–Kier alpha value is -5.16. The Labute approximate surface area is 274 Å². The summed E-state index contributed by atoms with van der Waals surface area (Å²) in [6.07, 6.45) is -3.98. The smallest absolute Gasteiger partial charge is 0.378 e. The van der Waals surface area contributed by atoms with Crippen molar-refractivity contribution in [1.82, 2.24) is 30.2 Å². The monoisotopic (exact) mass is 688 g/mol. The normalized spacial score (nSPS) is 16.0. The molecule has 256 valence electrons. The maximum atomic E-state index is 16.1. The van der Waals surface area contributed by atoms with Gasteiger partial charge in [0.2, 0.25) is 0 Å². The molecule has 0 bridgehead atoms. The standard InChI is InChI=1S/C32H27F7N8O2/c33-22-4-8-25(26(34)15-22)30(49,18-47-19-42-43-44-47)31(35,36)28-10-3-21(16-41-28)20-1-5-23(6-2-20)45-11-13-46(14-12-45)24-7-9-27(40-17-24)29(48)32(37,38)39/h1-10,15-17,19,29,48-49H,11-14,18H2/t29?,30-/m0/s1. The minimum Gasteiger partial charge on any atom is -0.378 e. The molecular formula is C32H27F7N8O2. The Bertz CT molecular complexity index is 1870.